The van der Waals surface area contributed by atoms with Crippen molar-refractivity contribution in [1.29, 1.82) is 0 Å². The molecule has 1 N–H and O–H groups in total. The Balaban J connectivity index is 2.17. The zero-order valence-electron chi connectivity index (χ0n) is 13.2. The predicted molar refractivity (Wildman–Crippen MR) is 88.0 cm³/mol. The van der Waals surface area contributed by atoms with Gasteiger partial charge in [0.2, 0.25) is 0 Å². The number of ether oxygens (including phenoxy) is 1. The molecule has 0 unspecified atom stereocenters. The van der Waals surface area contributed by atoms with E-state index in [0.717, 1.165) is 11.4 Å². The number of hydrogen-bond acceptors (Lipinski definition) is 5. The summed E-state index contributed by atoms with van der Waals surface area (Å²) in [5.74, 6) is 1.36. The summed E-state index contributed by atoms with van der Waals surface area (Å²) in [6, 6.07) is 5.04. The van der Waals surface area contributed by atoms with Crippen molar-refractivity contribution in [1.82, 2.24) is 20.1 Å². The van der Waals surface area contributed by atoms with Crippen molar-refractivity contribution < 1.29 is 14.3 Å². The molecule has 0 spiro atoms. The van der Waals surface area contributed by atoms with Gasteiger partial charge in [0, 0.05) is 5.69 Å². The molecule has 24 heavy (non-hydrogen) atoms. The molecular weight excluding hydrogens is 332 g/mol. The van der Waals surface area contributed by atoms with Crippen molar-refractivity contribution in [2.75, 3.05) is 13.2 Å². The lowest BCUT2D eigenvalue weighted by Gasteiger charge is -2.08. The molecule has 2 rings (SSSR count). The maximum atomic E-state index is 12.1. The third-order valence-corrected chi connectivity index (χ3v) is 3.28. The van der Waals surface area contributed by atoms with Gasteiger partial charge in [-0.15, -0.1) is 6.42 Å². The number of hydrogen-bond donors (Lipinski definition) is 1. The van der Waals surface area contributed by atoms with Crippen LogP contribution in [0.2, 0.25) is 5.02 Å². The van der Waals surface area contributed by atoms with Crippen molar-refractivity contribution in [2.24, 2.45) is 0 Å². The van der Waals surface area contributed by atoms with Gasteiger partial charge in [-0.3, -0.25) is 4.79 Å². The Kier molecular flexibility index (Phi) is 5.55. The molecule has 0 aliphatic heterocycles. The standard InChI is InChI=1S/C16H15ClN4O3/c1-4-7-18-14(22)9-24-16(23)15-12(17)5-6-13(19-15)21-11(3)8-10(2)20-21/h1,5-6,8H,7,9H2,2-3H3,(H,18,22). The van der Waals surface area contributed by atoms with Gasteiger partial charge in [0.05, 0.1) is 17.3 Å². The van der Waals surface area contributed by atoms with Crippen molar-refractivity contribution in [3.8, 4) is 18.2 Å². The lowest BCUT2D eigenvalue weighted by atomic mass is 10.3. The van der Waals surface area contributed by atoms with Crippen LogP contribution < -0.4 is 5.32 Å². The van der Waals surface area contributed by atoms with Crippen LogP contribution in [0.1, 0.15) is 21.9 Å². The molecule has 0 saturated heterocycles. The van der Waals surface area contributed by atoms with Gasteiger partial charge in [0.15, 0.2) is 18.1 Å². The molecule has 2 aromatic heterocycles. The van der Waals surface area contributed by atoms with E-state index >= 15 is 0 Å². The number of carbonyl (C=O) groups excluding carboxylic acids is 2. The lowest BCUT2D eigenvalue weighted by Crippen LogP contribution is -2.29. The minimum atomic E-state index is -0.806. The number of pyridine rings is 1. The highest BCUT2D eigenvalue weighted by atomic mass is 35.5. The van der Waals surface area contributed by atoms with Crippen LogP contribution in [0.4, 0.5) is 0 Å². The molecule has 0 aliphatic carbocycles. The van der Waals surface area contributed by atoms with E-state index in [1.165, 1.54) is 6.07 Å². The molecule has 2 aromatic rings. The topological polar surface area (TPSA) is 86.1 Å². The van der Waals surface area contributed by atoms with Crippen LogP contribution in [0, 0.1) is 26.2 Å². The van der Waals surface area contributed by atoms with Gasteiger partial charge in [0.25, 0.3) is 5.91 Å². The van der Waals surface area contributed by atoms with Crippen LogP contribution in [0.3, 0.4) is 0 Å². The predicted octanol–water partition coefficient (Wildman–Crippen LogP) is 1.44. The second-order valence-electron chi connectivity index (χ2n) is 4.90. The van der Waals surface area contributed by atoms with E-state index in [1.807, 2.05) is 19.9 Å². The highest BCUT2D eigenvalue weighted by molar-refractivity contribution is 6.33. The first-order valence-corrected chi connectivity index (χ1v) is 7.37. The number of nitrogens with zero attached hydrogens (tertiary/aromatic N) is 3. The van der Waals surface area contributed by atoms with Crippen molar-refractivity contribution in [3.63, 3.8) is 0 Å². The smallest absolute Gasteiger partial charge is 0.359 e. The third-order valence-electron chi connectivity index (χ3n) is 2.97. The summed E-state index contributed by atoms with van der Waals surface area (Å²) in [5.41, 5.74) is 1.58. The summed E-state index contributed by atoms with van der Waals surface area (Å²) in [6.07, 6.45) is 5.02. The minimum absolute atomic E-state index is 0.0583. The SMILES string of the molecule is C#CCNC(=O)COC(=O)c1nc(-n2nc(C)cc2C)ccc1Cl. The van der Waals surface area contributed by atoms with Crippen LogP contribution in [0.5, 0.6) is 0 Å². The zero-order valence-corrected chi connectivity index (χ0v) is 13.9. The molecular formula is C16H15ClN4O3. The number of aromatic nitrogens is 3. The summed E-state index contributed by atoms with van der Waals surface area (Å²) < 4.78 is 6.48. The van der Waals surface area contributed by atoms with Crippen LogP contribution in [-0.2, 0) is 9.53 Å². The van der Waals surface area contributed by atoms with Gasteiger partial charge in [-0.05, 0) is 32.0 Å². The number of terminal acetylenes is 1. The number of rotatable bonds is 5. The first-order chi connectivity index (χ1) is 11.4. The van der Waals surface area contributed by atoms with E-state index in [0.29, 0.717) is 5.82 Å². The molecule has 1 amide bonds. The Hall–Kier alpha value is -2.85. The summed E-state index contributed by atoms with van der Waals surface area (Å²) in [4.78, 5) is 27.7. The highest BCUT2D eigenvalue weighted by Crippen LogP contribution is 2.18. The summed E-state index contributed by atoms with van der Waals surface area (Å²) in [5, 5.41) is 6.80. The fraction of sp³-hybridized carbons (Fsp3) is 0.250. The molecule has 124 valence electrons. The number of aryl methyl sites for hydroxylation is 2. The number of halogens is 1. The van der Waals surface area contributed by atoms with Gasteiger partial charge in [0.1, 0.15) is 0 Å². The molecule has 0 bridgehead atoms. The zero-order chi connectivity index (χ0) is 17.7. The second kappa shape index (κ2) is 7.62. The lowest BCUT2D eigenvalue weighted by molar-refractivity contribution is -0.123. The van der Waals surface area contributed by atoms with Gasteiger partial charge < -0.3 is 10.1 Å². The maximum Gasteiger partial charge on any atom is 0.359 e. The largest absolute Gasteiger partial charge is 0.451 e. The molecule has 0 radical (unpaired) electrons. The van der Waals surface area contributed by atoms with E-state index in [1.54, 1.807) is 10.7 Å². The van der Waals surface area contributed by atoms with Crippen molar-refractivity contribution in [3.05, 3.63) is 40.3 Å². The maximum absolute atomic E-state index is 12.1. The van der Waals surface area contributed by atoms with Crippen molar-refractivity contribution >= 4 is 23.5 Å². The fourth-order valence-electron chi connectivity index (χ4n) is 1.95. The van der Waals surface area contributed by atoms with Gasteiger partial charge in [-0.2, -0.15) is 5.10 Å². The average Bonchev–Trinajstić information content (AvgIpc) is 2.89. The fourth-order valence-corrected chi connectivity index (χ4v) is 2.14. The molecule has 0 fully saturated rings. The number of nitrogens with one attached hydrogen (secondary N) is 1. The Morgan fingerprint density at radius 3 is 2.79 bits per heavy atom. The van der Waals surface area contributed by atoms with Crippen LogP contribution in [-0.4, -0.2) is 39.8 Å². The summed E-state index contributed by atoms with van der Waals surface area (Å²) >= 11 is 6.00. The molecule has 7 nitrogen and oxygen atoms in total. The quantitative estimate of drug-likeness (QED) is 0.654. The molecule has 0 saturated carbocycles. The minimum Gasteiger partial charge on any atom is -0.451 e. The Morgan fingerprint density at radius 1 is 1.42 bits per heavy atom. The number of esters is 1. The van der Waals surface area contributed by atoms with E-state index in [2.05, 4.69) is 21.3 Å². The average molecular weight is 347 g/mol. The van der Waals surface area contributed by atoms with Crippen molar-refractivity contribution in [2.45, 2.75) is 13.8 Å². The number of carbonyl (C=O) groups is 2. The Bertz CT molecular complexity index is 823. The Labute approximate surface area is 144 Å². The first-order valence-electron chi connectivity index (χ1n) is 7.00. The van der Waals surface area contributed by atoms with Crippen LogP contribution >= 0.6 is 11.6 Å². The second-order valence-corrected chi connectivity index (χ2v) is 5.30. The van der Waals surface area contributed by atoms with E-state index < -0.39 is 18.5 Å². The van der Waals surface area contributed by atoms with Gasteiger partial charge in [-0.1, -0.05) is 17.5 Å². The van der Waals surface area contributed by atoms with E-state index in [4.69, 9.17) is 22.8 Å². The summed E-state index contributed by atoms with van der Waals surface area (Å²) in [6.45, 7) is 3.30. The third kappa shape index (κ3) is 4.12. The first kappa shape index (κ1) is 17.5. The number of amides is 1. The van der Waals surface area contributed by atoms with Crippen LogP contribution in [0.15, 0.2) is 18.2 Å². The molecule has 2 heterocycles. The highest BCUT2D eigenvalue weighted by Gasteiger charge is 2.17. The Morgan fingerprint density at radius 2 is 2.17 bits per heavy atom. The van der Waals surface area contributed by atoms with Crippen LogP contribution in [0.25, 0.3) is 5.82 Å². The van der Waals surface area contributed by atoms with E-state index in [-0.39, 0.29) is 17.3 Å². The monoisotopic (exact) mass is 346 g/mol. The molecule has 0 atom stereocenters. The molecule has 8 heteroatoms. The summed E-state index contributed by atoms with van der Waals surface area (Å²) in [7, 11) is 0. The molecule has 0 aliphatic rings. The molecule has 0 aromatic carbocycles. The van der Waals surface area contributed by atoms with E-state index in [9.17, 15) is 9.59 Å². The van der Waals surface area contributed by atoms with Gasteiger partial charge in [-0.25, -0.2) is 14.5 Å². The van der Waals surface area contributed by atoms with Gasteiger partial charge >= 0.3 is 5.97 Å². The normalized spacial score (nSPS) is 10.1.